The Hall–Kier alpha value is -2.17. The summed E-state index contributed by atoms with van der Waals surface area (Å²) < 4.78 is 0. The fourth-order valence-corrected chi connectivity index (χ4v) is 2.21. The summed E-state index contributed by atoms with van der Waals surface area (Å²) in [5.41, 5.74) is 1.30. The molecule has 1 aromatic carbocycles. The first-order chi connectivity index (χ1) is 10.2. The van der Waals surface area contributed by atoms with Gasteiger partial charge in [0.25, 0.3) is 5.91 Å². The zero-order chi connectivity index (χ0) is 16.5. The number of rotatable bonds is 3. The lowest BCUT2D eigenvalue weighted by molar-refractivity contribution is -0.130. The molecule has 0 spiro atoms. The summed E-state index contributed by atoms with van der Waals surface area (Å²) in [6.45, 7) is 10.0. The predicted molar refractivity (Wildman–Crippen MR) is 86.8 cm³/mol. The van der Waals surface area contributed by atoms with E-state index in [1.165, 1.54) is 11.8 Å². The molecular weight excluding hydrogens is 278 g/mol. The molecule has 5 nitrogen and oxygen atoms in total. The lowest BCUT2D eigenvalue weighted by Crippen LogP contribution is -2.42. The maximum Gasteiger partial charge on any atom is 0.346 e. The van der Waals surface area contributed by atoms with E-state index in [0.29, 0.717) is 6.42 Å². The summed E-state index contributed by atoms with van der Waals surface area (Å²) in [7, 11) is 0. The molecule has 2 rings (SSSR count). The highest BCUT2D eigenvalue weighted by Crippen LogP contribution is 2.23. The van der Waals surface area contributed by atoms with E-state index in [-0.39, 0.29) is 11.3 Å². The molecule has 1 aliphatic rings. The smallest absolute Gasteiger partial charge is 0.322 e. The summed E-state index contributed by atoms with van der Waals surface area (Å²) >= 11 is 0. The van der Waals surface area contributed by atoms with Crippen LogP contribution < -0.4 is 5.32 Å². The fraction of sp³-hybridized carbons (Fsp3) is 0.471. The minimum Gasteiger partial charge on any atom is -0.322 e. The van der Waals surface area contributed by atoms with Gasteiger partial charge in [0.2, 0.25) is 0 Å². The van der Waals surface area contributed by atoms with E-state index in [1.54, 1.807) is 6.92 Å². The van der Waals surface area contributed by atoms with Gasteiger partial charge in [-0.05, 0) is 29.9 Å². The standard InChI is InChI=1S/C17H23N3O2/c1-6-17(5)14(21)20(15(22)19-17)18-11-12-7-9-13(10-8-12)16(2,3)4/h7-11H,6H2,1-5H3,(H,19,22)/b18-11+. The second kappa shape index (κ2) is 5.55. The van der Waals surface area contributed by atoms with Gasteiger partial charge < -0.3 is 5.32 Å². The van der Waals surface area contributed by atoms with Crippen LogP contribution in [0.4, 0.5) is 4.79 Å². The average Bonchev–Trinajstić information content (AvgIpc) is 2.67. The second-order valence-corrected chi connectivity index (χ2v) is 6.85. The highest BCUT2D eigenvalue weighted by Gasteiger charge is 2.46. The molecule has 5 heteroatoms. The van der Waals surface area contributed by atoms with Gasteiger partial charge in [-0.3, -0.25) is 4.79 Å². The summed E-state index contributed by atoms with van der Waals surface area (Å²) in [4.78, 5) is 24.1. The summed E-state index contributed by atoms with van der Waals surface area (Å²) in [6, 6.07) is 7.45. The van der Waals surface area contributed by atoms with Gasteiger partial charge in [-0.25, -0.2) is 4.79 Å². The van der Waals surface area contributed by atoms with Gasteiger partial charge in [-0.15, -0.1) is 5.01 Å². The Labute approximate surface area is 131 Å². The summed E-state index contributed by atoms with van der Waals surface area (Å²) in [5, 5.41) is 7.61. The Bertz CT molecular complexity index is 614. The quantitative estimate of drug-likeness (QED) is 0.689. The van der Waals surface area contributed by atoms with E-state index in [2.05, 4.69) is 31.2 Å². The molecule has 1 heterocycles. The Balaban J connectivity index is 2.16. The van der Waals surface area contributed by atoms with Crippen molar-refractivity contribution in [1.82, 2.24) is 10.3 Å². The number of carbonyl (C=O) groups excluding carboxylic acids is 2. The molecule has 118 valence electrons. The van der Waals surface area contributed by atoms with Crippen molar-refractivity contribution in [3.63, 3.8) is 0 Å². The van der Waals surface area contributed by atoms with Crippen molar-refractivity contribution in [2.45, 2.75) is 52.0 Å². The third-order valence-corrected chi connectivity index (χ3v) is 4.05. The lowest BCUT2D eigenvalue weighted by atomic mass is 9.87. The first-order valence-electron chi connectivity index (χ1n) is 7.48. The monoisotopic (exact) mass is 301 g/mol. The van der Waals surface area contributed by atoms with Crippen LogP contribution in [0.15, 0.2) is 29.4 Å². The van der Waals surface area contributed by atoms with Crippen LogP contribution in [0.3, 0.4) is 0 Å². The van der Waals surface area contributed by atoms with Crippen LogP contribution in [0.2, 0.25) is 0 Å². The number of nitrogens with zero attached hydrogens (tertiary/aromatic N) is 2. The van der Waals surface area contributed by atoms with Crippen LogP contribution in [0, 0.1) is 0 Å². The fourth-order valence-electron chi connectivity index (χ4n) is 2.21. The van der Waals surface area contributed by atoms with Crippen LogP contribution in [-0.4, -0.2) is 28.7 Å². The molecule has 0 radical (unpaired) electrons. The van der Waals surface area contributed by atoms with E-state index < -0.39 is 11.6 Å². The SMILES string of the molecule is CCC1(C)NC(=O)N(/N=C/c2ccc(C(C)(C)C)cc2)C1=O. The van der Waals surface area contributed by atoms with Crippen molar-refractivity contribution < 1.29 is 9.59 Å². The molecule has 22 heavy (non-hydrogen) atoms. The van der Waals surface area contributed by atoms with Gasteiger partial charge in [0.1, 0.15) is 5.54 Å². The number of benzene rings is 1. The molecule has 0 saturated carbocycles. The van der Waals surface area contributed by atoms with Gasteiger partial charge in [0.15, 0.2) is 0 Å². The maximum absolute atomic E-state index is 12.2. The van der Waals surface area contributed by atoms with Crippen LogP contribution >= 0.6 is 0 Å². The van der Waals surface area contributed by atoms with E-state index >= 15 is 0 Å². The van der Waals surface area contributed by atoms with Crippen molar-refractivity contribution in [3.8, 4) is 0 Å². The topological polar surface area (TPSA) is 61.8 Å². The van der Waals surface area contributed by atoms with Gasteiger partial charge in [0.05, 0.1) is 6.21 Å². The van der Waals surface area contributed by atoms with Crippen molar-refractivity contribution in [3.05, 3.63) is 35.4 Å². The molecule has 1 unspecified atom stereocenters. The van der Waals surface area contributed by atoms with Gasteiger partial charge in [0, 0.05) is 0 Å². The Morgan fingerprint density at radius 3 is 2.27 bits per heavy atom. The first-order valence-corrected chi connectivity index (χ1v) is 7.48. The highest BCUT2D eigenvalue weighted by atomic mass is 16.2. The number of imide groups is 1. The predicted octanol–water partition coefficient (Wildman–Crippen LogP) is 3.04. The third-order valence-electron chi connectivity index (χ3n) is 4.05. The molecular formula is C17H23N3O2. The van der Waals surface area contributed by atoms with E-state index in [9.17, 15) is 9.59 Å². The number of hydrogen-bond donors (Lipinski definition) is 1. The molecule has 0 aliphatic carbocycles. The maximum atomic E-state index is 12.2. The molecule has 3 amide bonds. The number of carbonyl (C=O) groups is 2. The van der Waals surface area contributed by atoms with Crippen molar-refractivity contribution in [2.24, 2.45) is 5.10 Å². The molecule has 1 N–H and O–H groups in total. The highest BCUT2D eigenvalue weighted by molar-refractivity contribution is 6.07. The zero-order valence-electron chi connectivity index (χ0n) is 13.8. The number of hydrogen-bond acceptors (Lipinski definition) is 3. The summed E-state index contributed by atoms with van der Waals surface area (Å²) in [6.07, 6.45) is 2.06. The van der Waals surface area contributed by atoms with Crippen molar-refractivity contribution >= 4 is 18.2 Å². The van der Waals surface area contributed by atoms with Crippen LogP contribution in [0.5, 0.6) is 0 Å². The Kier molecular flexibility index (Phi) is 4.09. The summed E-state index contributed by atoms with van der Waals surface area (Å²) in [5.74, 6) is -0.317. The van der Waals surface area contributed by atoms with Crippen LogP contribution in [0.1, 0.15) is 52.2 Å². The number of hydrazone groups is 1. The zero-order valence-corrected chi connectivity index (χ0v) is 13.8. The minimum atomic E-state index is -0.857. The number of amides is 3. The number of nitrogens with one attached hydrogen (secondary N) is 1. The Morgan fingerprint density at radius 2 is 1.82 bits per heavy atom. The largest absolute Gasteiger partial charge is 0.346 e. The first kappa shape index (κ1) is 16.2. The number of urea groups is 1. The molecule has 1 fully saturated rings. The molecule has 1 aromatic rings. The van der Waals surface area contributed by atoms with Crippen molar-refractivity contribution in [2.75, 3.05) is 0 Å². The van der Waals surface area contributed by atoms with E-state index in [1.807, 2.05) is 31.2 Å². The van der Waals surface area contributed by atoms with E-state index in [0.717, 1.165) is 10.6 Å². The second-order valence-electron chi connectivity index (χ2n) is 6.85. The lowest BCUT2D eigenvalue weighted by Gasteiger charge is -2.18. The van der Waals surface area contributed by atoms with Gasteiger partial charge >= 0.3 is 6.03 Å². The molecule has 0 bridgehead atoms. The third kappa shape index (κ3) is 3.03. The molecule has 0 aromatic heterocycles. The van der Waals surface area contributed by atoms with Crippen LogP contribution in [0.25, 0.3) is 0 Å². The van der Waals surface area contributed by atoms with Gasteiger partial charge in [-0.1, -0.05) is 52.0 Å². The van der Waals surface area contributed by atoms with Gasteiger partial charge in [-0.2, -0.15) is 5.10 Å². The molecule has 1 aliphatic heterocycles. The van der Waals surface area contributed by atoms with Crippen molar-refractivity contribution in [1.29, 1.82) is 0 Å². The minimum absolute atomic E-state index is 0.0867. The normalized spacial score (nSPS) is 22.5. The van der Waals surface area contributed by atoms with E-state index in [4.69, 9.17) is 0 Å². The molecule has 1 saturated heterocycles. The average molecular weight is 301 g/mol. The molecule has 1 atom stereocenters. The Morgan fingerprint density at radius 1 is 1.23 bits per heavy atom. The van der Waals surface area contributed by atoms with Crippen LogP contribution in [-0.2, 0) is 10.2 Å².